The quantitative estimate of drug-likeness (QED) is 0.902. The lowest BCUT2D eigenvalue weighted by Gasteiger charge is -2.16. The third kappa shape index (κ3) is 2.76. The highest BCUT2D eigenvalue weighted by atomic mass is 19.1. The smallest absolute Gasteiger partial charge is 0.123 e. The molecule has 3 nitrogen and oxygen atoms in total. The molecule has 1 unspecified atom stereocenters. The monoisotopic (exact) mass is 247 g/mol. The van der Waals surface area contributed by atoms with Gasteiger partial charge in [0.05, 0.1) is 11.7 Å². The largest absolute Gasteiger partial charge is 0.322 e. The molecule has 0 fully saturated rings. The Kier molecular flexibility index (Phi) is 3.77. The maximum Gasteiger partial charge on any atom is 0.123 e. The van der Waals surface area contributed by atoms with Gasteiger partial charge in [0.25, 0.3) is 0 Å². The van der Waals surface area contributed by atoms with Crippen molar-refractivity contribution in [1.29, 1.82) is 0 Å². The van der Waals surface area contributed by atoms with Crippen LogP contribution in [0, 0.1) is 5.82 Å². The second kappa shape index (κ2) is 5.31. The maximum atomic E-state index is 13.1. The average molecular weight is 247 g/mol. The van der Waals surface area contributed by atoms with Crippen LogP contribution in [0.1, 0.15) is 37.2 Å². The molecule has 0 radical (unpaired) electrons. The first kappa shape index (κ1) is 12.8. The fourth-order valence-electron chi connectivity index (χ4n) is 2.07. The summed E-state index contributed by atoms with van der Waals surface area (Å²) >= 11 is 0. The van der Waals surface area contributed by atoms with Crippen LogP contribution in [0.25, 0.3) is 0 Å². The molecular formula is C14H18FN3. The fourth-order valence-corrected chi connectivity index (χ4v) is 2.07. The standard InChI is InChI=1S/C14H18FN3/c1-10(2)18-14(6-7-17-18)13(16)9-11-4-3-5-12(15)8-11/h3-8,10,13H,9,16H2,1-2H3. The molecule has 1 atom stereocenters. The van der Waals surface area contributed by atoms with Crippen molar-refractivity contribution in [2.24, 2.45) is 5.73 Å². The topological polar surface area (TPSA) is 43.8 Å². The van der Waals surface area contributed by atoms with Crippen molar-refractivity contribution in [2.75, 3.05) is 0 Å². The van der Waals surface area contributed by atoms with Crippen LogP contribution in [0.5, 0.6) is 0 Å². The summed E-state index contributed by atoms with van der Waals surface area (Å²) in [5, 5.41) is 4.26. The minimum absolute atomic E-state index is 0.170. The Morgan fingerprint density at radius 1 is 1.33 bits per heavy atom. The highest BCUT2D eigenvalue weighted by Gasteiger charge is 2.14. The number of nitrogens with two attached hydrogens (primary N) is 1. The minimum Gasteiger partial charge on any atom is -0.322 e. The molecule has 0 spiro atoms. The van der Waals surface area contributed by atoms with Gasteiger partial charge in [-0.25, -0.2) is 4.39 Å². The van der Waals surface area contributed by atoms with Crippen molar-refractivity contribution in [2.45, 2.75) is 32.4 Å². The minimum atomic E-state index is -0.225. The first-order chi connectivity index (χ1) is 8.58. The number of halogens is 1. The zero-order valence-electron chi connectivity index (χ0n) is 10.7. The van der Waals surface area contributed by atoms with Gasteiger partial charge in [-0.15, -0.1) is 0 Å². The van der Waals surface area contributed by atoms with Crippen molar-refractivity contribution < 1.29 is 4.39 Å². The number of aromatic nitrogens is 2. The summed E-state index contributed by atoms with van der Waals surface area (Å²) < 4.78 is 15.0. The molecule has 0 amide bonds. The molecule has 0 saturated heterocycles. The van der Waals surface area contributed by atoms with Crippen LogP contribution in [0.4, 0.5) is 4.39 Å². The predicted octanol–water partition coefficient (Wildman–Crippen LogP) is 2.85. The molecule has 18 heavy (non-hydrogen) atoms. The van der Waals surface area contributed by atoms with Crippen molar-refractivity contribution in [1.82, 2.24) is 9.78 Å². The number of nitrogens with zero attached hydrogens (tertiary/aromatic N) is 2. The summed E-state index contributed by atoms with van der Waals surface area (Å²) in [5.41, 5.74) is 8.06. The molecule has 2 aromatic rings. The molecule has 1 aromatic carbocycles. The molecule has 0 aliphatic rings. The van der Waals surface area contributed by atoms with Crippen molar-refractivity contribution in [3.63, 3.8) is 0 Å². The molecule has 4 heteroatoms. The van der Waals surface area contributed by atoms with Gasteiger partial charge in [0.2, 0.25) is 0 Å². The van der Waals surface area contributed by atoms with E-state index in [1.807, 2.05) is 16.8 Å². The first-order valence-electron chi connectivity index (χ1n) is 6.11. The predicted molar refractivity (Wildman–Crippen MR) is 69.6 cm³/mol. The lowest BCUT2D eigenvalue weighted by Crippen LogP contribution is -2.19. The van der Waals surface area contributed by atoms with Crippen LogP contribution in [0.2, 0.25) is 0 Å². The highest BCUT2D eigenvalue weighted by Crippen LogP contribution is 2.19. The zero-order valence-corrected chi connectivity index (χ0v) is 10.7. The number of rotatable bonds is 4. The second-order valence-corrected chi connectivity index (χ2v) is 4.73. The van der Waals surface area contributed by atoms with Gasteiger partial charge in [-0.2, -0.15) is 5.10 Å². The maximum absolute atomic E-state index is 13.1. The summed E-state index contributed by atoms with van der Waals surface area (Å²) in [4.78, 5) is 0. The van der Waals surface area contributed by atoms with E-state index in [9.17, 15) is 4.39 Å². The van der Waals surface area contributed by atoms with Gasteiger partial charge >= 0.3 is 0 Å². The van der Waals surface area contributed by atoms with E-state index in [4.69, 9.17) is 5.73 Å². The Labute approximate surface area is 106 Å². The van der Waals surface area contributed by atoms with E-state index in [0.717, 1.165) is 11.3 Å². The summed E-state index contributed by atoms with van der Waals surface area (Å²) in [6.07, 6.45) is 2.36. The lowest BCUT2D eigenvalue weighted by atomic mass is 10.0. The molecule has 1 heterocycles. The molecule has 1 aromatic heterocycles. The molecule has 2 N–H and O–H groups in total. The van der Waals surface area contributed by atoms with Gasteiger partial charge in [0.15, 0.2) is 0 Å². The number of hydrogen-bond acceptors (Lipinski definition) is 2. The van der Waals surface area contributed by atoms with Crippen LogP contribution < -0.4 is 5.73 Å². The molecule has 0 aliphatic heterocycles. The molecule has 0 bridgehead atoms. The third-order valence-corrected chi connectivity index (χ3v) is 2.91. The van der Waals surface area contributed by atoms with Gasteiger partial charge in [0.1, 0.15) is 5.82 Å². The van der Waals surface area contributed by atoms with Gasteiger partial charge in [-0.05, 0) is 44.0 Å². The van der Waals surface area contributed by atoms with E-state index in [0.29, 0.717) is 6.42 Å². The molecular weight excluding hydrogens is 229 g/mol. The van der Waals surface area contributed by atoms with Crippen molar-refractivity contribution >= 4 is 0 Å². The van der Waals surface area contributed by atoms with Crippen LogP contribution in [0.3, 0.4) is 0 Å². The average Bonchev–Trinajstić information content (AvgIpc) is 2.77. The molecule has 2 rings (SSSR count). The van der Waals surface area contributed by atoms with Gasteiger partial charge < -0.3 is 5.73 Å². The van der Waals surface area contributed by atoms with Crippen molar-refractivity contribution in [3.8, 4) is 0 Å². The van der Waals surface area contributed by atoms with E-state index in [1.54, 1.807) is 12.3 Å². The van der Waals surface area contributed by atoms with E-state index in [1.165, 1.54) is 12.1 Å². The number of benzene rings is 1. The Hall–Kier alpha value is -1.68. The summed E-state index contributed by atoms with van der Waals surface area (Å²) in [6, 6.07) is 8.58. The Bertz CT molecular complexity index is 519. The van der Waals surface area contributed by atoms with Crippen LogP contribution in [-0.4, -0.2) is 9.78 Å². The Morgan fingerprint density at radius 3 is 2.78 bits per heavy atom. The van der Waals surface area contributed by atoms with Crippen molar-refractivity contribution in [3.05, 3.63) is 53.6 Å². The van der Waals surface area contributed by atoms with Crippen LogP contribution >= 0.6 is 0 Å². The molecule has 0 saturated carbocycles. The zero-order chi connectivity index (χ0) is 13.1. The first-order valence-corrected chi connectivity index (χ1v) is 6.11. The van der Waals surface area contributed by atoms with Gasteiger partial charge in [0, 0.05) is 12.2 Å². The Morgan fingerprint density at radius 2 is 2.11 bits per heavy atom. The van der Waals surface area contributed by atoms with E-state index in [-0.39, 0.29) is 17.9 Å². The summed E-state index contributed by atoms with van der Waals surface area (Å²) in [6.45, 7) is 4.12. The summed E-state index contributed by atoms with van der Waals surface area (Å²) in [7, 11) is 0. The van der Waals surface area contributed by atoms with E-state index >= 15 is 0 Å². The lowest BCUT2D eigenvalue weighted by molar-refractivity contribution is 0.485. The van der Waals surface area contributed by atoms with Crippen LogP contribution in [-0.2, 0) is 6.42 Å². The third-order valence-electron chi connectivity index (χ3n) is 2.91. The SMILES string of the molecule is CC(C)n1nccc1C(N)Cc1cccc(F)c1. The van der Waals surface area contributed by atoms with Gasteiger partial charge in [-0.3, -0.25) is 4.68 Å². The molecule has 96 valence electrons. The van der Waals surface area contributed by atoms with E-state index in [2.05, 4.69) is 18.9 Å². The van der Waals surface area contributed by atoms with Gasteiger partial charge in [-0.1, -0.05) is 12.1 Å². The van der Waals surface area contributed by atoms with E-state index < -0.39 is 0 Å². The molecule has 0 aliphatic carbocycles. The Balaban J connectivity index is 2.17. The number of hydrogen-bond donors (Lipinski definition) is 1. The second-order valence-electron chi connectivity index (χ2n) is 4.73. The normalized spacial score (nSPS) is 12.9. The van der Waals surface area contributed by atoms with Crippen LogP contribution in [0.15, 0.2) is 36.5 Å². The fraction of sp³-hybridized carbons (Fsp3) is 0.357. The summed E-state index contributed by atoms with van der Waals surface area (Å²) in [5.74, 6) is -0.225. The highest BCUT2D eigenvalue weighted by molar-refractivity contribution is 5.20.